The number of hydrogen-bond acceptors (Lipinski definition) is 7. The summed E-state index contributed by atoms with van der Waals surface area (Å²) in [6, 6.07) is 23.7. The van der Waals surface area contributed by atoms with Crippen LogP contribution in [0.2, 0.25) is 0 Å². The van der Waals surface area contributed by atoms with Crippen molar-refractivity contribution in [1.29, 1.82) is 0 Å². The van der Waals surface area contributed by atoms with Crippen LogP contribution in [0.4, 0.5) is 0 Å². The fourth-order valence-electron chi connectivity index (χ4n) is 4.49. The lowest BCUT2D eigenvalue weighted by Gasteiger charge is -2.25. The van der Waals surface area contributed by atoms with Gasteiger partial charge < -0.3 is 14.2 Å². The summed E-state index contributed by atoms with van der Waals surface area (Å²) in [7, 11) is 3.14. The van der Waals surface area contributed by atoms with Crippen LogP contribution in [-0.2, 0) is 9.53 Å². The van der Waals surface area contributed by atoms with Crippen molar-refractivity contribution in [1.82, 2.24) is 4.57 Å². The quantitative estimate of drug-likeness (QED) is 0.341. The topological polar surface area (TPSA) is 79.1 Å². The van der Waals surface area contributed by atoms with E-state index >= 15 is 0 Å². The van der Waals surface area contributed by atoms with Gasteiger partial charge in [-0.3, -0.25) is 9.36 Å². The molecule has 192 valence electrons. The zero-order valence-electron chi connectivity index (χ0n) is 21.2. The van der Waals surface area contributed by atoms with Crippen molar-refractivity contribution >= 4 is 29.1 Å². The van der Waals surface area contributed by atoms with E-state index in [9.17, 15) is 9.59 Å². The van der Waals surface area contributed by atoms with Crippen LogP contribution in [-0.4, -0.2) is 31.4 Å². The summed E-state index contributed by atoms with van der Waals surface area (Å²) in [5.41, 5.74) is 2.92. The van der Waals surface area contributed by atoms with Crippen molar-refractivity contribution < 1.29 is 19.0 Å². The fourth-order valence-corrected chi connectivity index (χ4v) is 5.49. The van der Waals surface area contributed by atoms with Crippen molar-refractivity contribution in [2.75, 3.05) is 20.8 Å². The summed E-state index contributed by atoms with van der Waals surface area (Å²) in [5, 5.41) is 0. The van der Waals surface area contributed by atoms with Crippen LogP contribution in [0.5, 0.6) is 11.5 Å². The van der Waals surface area contributed by atoms with E-state index in [1.165, 1.54) is 11.3 Å². The molecule has 1 aliphatic heterocycles. The first-order chi connectivity index (χ1) is 18.5. The van der Waals surface area contributed by atoms with Crippen molar-refractivity contribution in [2.45, 2.75) is 13.0 Å². The Morgan fingerprint density at radius 2 is 1.66 bits per heavy atom. The Labute approximate surface area is 223 Å². The molecule has 3 aromatic carbocycles. The Balaban J connectivity index is 1.79. The van der Waals surface area contributed by atoms with Gasteiger partial charge in [-0.05, 0) is 36.3 Å². The van der Waals surface area contributed by atoms with Gasteiger partial charge in [0, 0.05) is 5.56 Å². The molecular formula is C30H26N2O5S. The molecule has 0 radical (unpaired) electrons. The molecule has 0 amide bonds. The van der Waals surface area contributed by atoms with Crippen LogP contribution in [0, 0.1) is 0 Å². The summed E-state index contributed by atoms with van der Waals surface area (Å²) in [5.74, 6) is 0.659. The van der Waals surface area contributed by atoms with Crippen LogP contribution < -0.4 is 24.4 Å². The number of carbonyl (C=O) groups is 1. The Kier molecular flexibility index (Phi) is 7.24. The summed E-state index contributed by atoms with van der Waals surface area (Å²) in [6.45, 7) is 1.96. The number of benzene rings is 3. The zero-order chi connectivity index (χ0) is 26.6. The highest BCUT2D eigenvalue weighted by molar-refractivity contribution is 7.07. The molecular weight excluding hydrogens is 500 g/mol. The normalized spacial score (nSPS) is 15.0. The number of rotatable bonds is 7. The highest BCUT2D eigenvalue weighted by atomic mass is 32.1. The van der Waals surface area contributed by atoms with E-state index in [1.807, 2.05) is 72.8 Å². The number of aromatic nitrogens is 1. The molecule has 0 bridgehead atoms. The largest absolute Gasteiger partial charge is 0.493 e. The minimum Gasteiger partial charge on any atom is -0.493 e. The number of ether oxygens (including phenoxy) is 3. The Hall–Kier alpha value is -4.43. The molecule has 0 saturated carbocycles. The number of hydrogen-bond donors (Lipinski definition) is 0. The maximum Gasteiger partial charge on any atom is 0.338 e. The van der Waals surface area contributed by atoms with E-state index in [0.29, 0.717) is 32.1 Å². The summed E-state index contributed by atoms with van der Waals surface area (Å²) >= 11 is 1.27. The van der Waals surface area contributed by atoms with Gasteiger partial charge in [-0.25, -0.2) is 9.79 Å². The van der Waals surface area contributed by atoms with Gasteiger partial charge in [0.05, 0.1) is 42.7 Å². The predicted molar refractivity (Wildman–Crippen MR) is 147 cm³/mol. The van der Waals surface area contributed by atoms with E-state index in [2.05, 4.69) is 0 Å². The number of carbonyl (C=O) groups excluding carboxylic acids is 1. The molecule has 1 aliphatic rings. The molecule has 0 fully saturated rings. The molecule has 5 rings (SSSR count). The first kappa shape index (κ1) is 25.2. The van der Waals surface area contributed by atoms with Gasteiger partial charge in [-0.1, -0.05) is 78.1 Å². The van der Waals surface area contributed by atoms with E-state index in [4.69, 9.17) is 19.2 Å². The molecule has 0 spiro atoms. The maximum atomic E-state index is 13.9. The molecule has 0 aliphatic carbocycles. The number of esters is 1. The molecule has 2 heterocycles. The summed E-state index contributed by atoms with van der Waals surface area (Å²) in [6.07, 6.45) is 1.80. The zero-order valence-corrected chi connectivity index (χ0v) is 22.0. The van der Waals surface area contributed by atoms with Crippen molar-refractivity contribution in [3.8, 4) is 11.5 Å². The first-order valence-corrected chi connectivity index (χ1v) is 12.9. The SMILES string of the molecule is CCOC(=O)C1=C(c2ccccc2)N=c2s/c(=C\c3ccc(OC)c(OC)c3)c(=O)n2[C@@H]1c1ccccc1. The number of fused-ring (bicyclic) bond motifs is 1. The maximum absolute atomic E-state index is 13.9. The van der Waals surface area contributed by atoms with Gasteiger partial charge in [0.25, 0.3) is 5.56 Å². The van der Waals surface area contributed by atoms with Gasteiger partial charge in [-0.15, -0.1) is 0 Å². The molecule has 7 nitrogen and oxygen atoms in total. The smallest absolute Gasteiger partial charge is 0.338 e. The van der Waals surface area contributed by atoms with Crippen LogP contribution in [0.1, 0.15) is 29.7 Å². The molecule has 38 heavy (non-hydrogen) atoms. The molecule has 8 heteroatoms. The lowest BCUT2D eigenvalue weighted by atomic mass is 9.93. The van der Waals surface area contributed by atoms with Gasteiger partial charge >= 0.3 is 5.97 Å². The van der Waals surface area contributed by atoms with Crippen LogP contribution >= 0.6 is 11.3 Å². The van der Waals surface area contributed by atoms with Gasteiger partial charge in [0.1, 0.15) is 0 Å². The highest BCUT2D eigenvalue weighted by Gasteiger charge is 2.35. The lowest BCUT2D eigenvalue weighted by molar-refractivity contribution is -0.138. The Bertz CT molecular complexity index is 1690. The molecule has 1 aromatic heterocycles. The average molecular weight is 527 g/mol. The Morgan fingerprint density at radius 1 is 0.974 bits per heavy atom. The predicted octanol–water partition coefficient (Wildman–Crippen LogP) is 3.95. The van der Waals surface area contributed by atoms with Crippen LogP contribution in [0.25, 0.3) is 11.8 Å². The standard InChI is InChI=1S/C30H26N2O5S/c1-4-37-29(34)25-26(20-11-7-5-8-12-20)31-30-32(27(25)21-13-9-6-10-14-21)28(33)24(38-30)18-19-15-16-22(35-2)23(17-19)36-3/h5-18,27H,4H2,1-3H3/b24-18-/t27-/m1/s1. The summed E-state index contributed by atoms with van der Waals surface area (Å²) < 4.78 is 18.3. The second-order valence-corrected chi connectivity index (χ2v) is 9.47. The number of methoxy groups -OCH3 is 2. The summed E-state index contributed by atoms with van der Waals surface area (Å²) in [4.78, 5) is 32.7. The van der Waals surface area contributed by atoms with Crippen molar-refractivity contribution in [2.24, 2.45) is 4.99 Å². The molecule has 0 saturated heterocycles. The average Bonchev–Trinajstić information content (AvgIpc) is 3.27. The third kappa shape index (κ3) is 4.66. The van der Waals surface area contributed by atoms with Crippen LogP contribution in [0.3, 0.4) is 0 Å². The third-order valence-corrected chi connectivity index (χ3v) is 7.18. The first-order valence-electron chi connectivity index (χ1n) is 12.1. The minimum absolute atomic E-state index is 0.204. The fraction of sp³-hybridized carbons (Fsp3) is 0.167. The van der Waals surface area contributed by atoms with Crippen molar-refractivity contribution in [3.63, 3.8) is 0 Å². The van der Waals surface area contributed by atoms with Gasteiger partial charge in [-0.2, -0.15) is 0 Å². The van der Waals surface area contributed by atoms with Crippen LogP contribution in [0.15, 0.2) is 94.2 Å². The monoisotopic (exact) mass is 526 g/mol. The molecule has 0 N–H and O–H groups in total. The van der Waals surface area contributed by atoms with E-state index in [-0.39, 0.29) is 12.2 Å². The lowest BCUT2D eigenvalue weighted by Crippen LogP contribution is -2.39. The molecule has 4 aromatic rings. The third-order valence-electron chi connectivity index (χ3n) is 6.19. The highest BCUT2D eigenvalue weighted by Crippen LogP contribution is 2.35. The molecule has 0 unspecified atom stereocenters. The van der Waals surface area contributed by atoms with Gasteiger partial charge in [0.2, 0.25) is 0 Å². The van der Waals surface area contributed by atoms with E-state index in [0.717, 1.165) is 16.7 Å². The van der Waals surface area contributed by atoms with Gasteiger partial charge in [0.15, 0.2) is 16.3 Å². The Morgan fingerprint density at radius 3 is 2.32 bits per heavy atom. The minimum atomic E-state index is -0.700. The van der Waals surface area contributed by atoms with E-state index in [1.54, 1.807) is 37.9 Å². The number of nitrogens with zero attached hydrogens (tertiary/aromatic N) is 2. The second-order valence-electron chi connectivity index (χ2n) is 8.46. The number of thiazole rings is 1. The second kappa shape index (κ2) is 10.9. The van der Waals surface area contributed by atoms with E-state index < -0.39 is 12.0 Å². The van der Waals surface area contributed by atoms with Crippen molar-refractivity contribution in [3.05, 3.63) is 121 Å². The molecule has 1 atom stereocenters.